The Morgan fingerprint density at radius 3 is 2.76 bits per heavy atom. The van der Waals surface area contributed by atoms with E-state index in [0.717, 1.165) is 19.3 Å². The molecule has 120 valence electrons. The van der Waals surface area contributed by atoms with Gasteiger partial charge in [0.25, 0.3) is 0 Å². The summed E-state index contributed by atoms with van der Waals surface area (Å²) in [6.07, 6.45) is 2.09. The fourth-order valence-electron chi connectivity index (χ4n) is 2.97. The summed E-state index contributed by atoms with van der Waals surface area (Å²) in [7, 11) is 0. The minimum absolute atomic E-state index is 0.0263. The number of piperidine rings is 1. The molecule has 0 aliphatic carbocycles. The van der Waals surface area contributed by atoms with Crippen LogP contribution in [0.4, 0.5) is 4.79 Å². The summed E-state index contributed by atoms with van der Waals surface area (Å²) in [6, 6.07) is -1.23. The van der Waals surface area contributed by atoms with Crippen LogP contribution in [0.2, 0.25) is 0 Å². The monoisotopic (exact) mass is 300 g/mol. The topological polar surface area (TPSA) is 90.3 Å². The summed E-state index contributed by atoms with van der Waals surface area (Å²) in [5, 5.41) is 18.8. The highest BCUT2D eigenvalue weighted by molar-refractivity contribution is 5.83. The molecule has 0 radical (unpaired) electrons. The van der Waals surface area contributed by atoms with E-state index < -0.39 is 18.1 Å². The summed E-state index contributed by atoms with van der Waals surface area (Å²) in [5.41, 5.74) is 0. The maximum atomic E-state index is 12.5. The van der Waals surface area contributed by atoms with E-state index in [-0.39, 0.29) is 25.1 Å². The van der Waals surface area contributed by atoms with E-state index in [2.05, 4.69) is 0 Å². The Labute approximate surface area is 124 Å². The van der Waals surface area contributed by atoms with E-state index in [0.29, 0.717) is 19.7 Å². The molecule has 7 nitrogen and oxygen atoms in total. The Bertz CT molecular complexity index is 390. The molecule has 2 fully saturated rings. The van der Waals surface area contributed by atoms with Crippen molar-refractivity contribution in [2.45, 2.75) is 50.9 Å². The molecule has 2 N–H and O–H groups in total. The summed E-state index contributed by atoms with van der Waals surface area (Å²) in [5.74, 6) is -1.06. The number of carboxylic acids is 1. The van der Waals surface area contributed by atoms with Crippen LogP contribution in [0.5, 0.6) is 0 Å². The predicted molar refractivity (Wildman–Crippen MR) is 75.0 cm³/mol. The molecule has 0 aromatic rings. The lowest BCUT2D eigenvalue weighted by atomic mass is 10.1. The van der Waals surface area contributed by atoms with Gasteiger partial charge in [0.05, 0.1) is 12.2 Å². The van der Waals surface area contributed by atoms with Gasteiger partial charge in [0.1, 0.15) is 6.04 Å². The zero-order chi connectivity index (χ0) is 15.4. The fraction of sp³-hybridized carbons (Fsp3) is 0.857. The van der Waals surface area contributed by atoms with E-state index in [1.165, 1.54) is 4.90 Å². The highest BCUT2D eigenvalue weighted by atomic mass is 16.5. The van der Waals surface area contributed by atoms with Gasteiger partial charge in [0, 0.05) is 32.7 Å². The van der Waals surface area contributed by atoms with Gasteiger partial charge < -0.3 is 24.7 Å². The summed E-state index contributed by atoms with van der Waals surface area (Å²) in [6.45, 7) is 3.91. The molecule has 2 aliphatic rings. The van der Waals surface area contributed by atoms with Crippen LogP contribution < -0.4 is 0 Å². The molecular weight excluding hydrogens is 276 g/mol. The van der Waals surface area contributed by atoms with Crippen molar-refractivity contribution in [3.8, 4) is 0 Å². The number of aliphatic hydroxyl groups is 1. The van der Waals surface area contributed by atoms with Crippen molar-refractivity contribution in [2.24, 2.45) is 0 Å². The van der Waals surface area contributed by atoms with Gasteiger partial charge in [-0.3, -0.25) is 0 Å². The molecule has 3 atom stereocenters. The fourth-order valence-corrected chi connectivity index (χ4v) is 2.97. The molecule has 21 heavy (non-hydrogen) atoms. The number of hydrogen-bond acceptors (Lipinski definition) is 4. The Hall–Kier alpha value is -1.34. The van der Waals surface area contributed by atoms with Crippen molar-refractivity contribution in [1.29, 1.82) is 0 Å². The number of carbonyl (C=O) groups excluding carboxylic acids is 1. The molecule has 2 heterocycles. The quantitative estimate of drug-likeness (QED) is 0.790. The van der Waals surface area contributed by atoms with Gasteiger partial charge >= 0.3 is 12.0 Å². The van der Waals surface area contributed by atoms with Gasteiger partial charge in [-0.1, -0.05) is 6.92 Å². The summed E-state index contributed by atoms with van der Waals surface area (Å²) >= 11 is 0. The number of carboxylic acid groups (broad SMARTS) is 1. The molecule has 0 spiro atoms. The van der Waals surface area contributed by atoms with Gasteiger partial charge in [-0.05, 0) is 19.3 Å². The van der Waals surface area contributed by atoms with Crippen molar-refractivity contribution < 1.29 is 24.5 Å². The van der Waals surface area contributed by atoms with Gasteiger partial charge in [-0.15, -0.1) is 0 Å². The summed E-state index contributed by atoms with van der Waals surface area (Å²) < 4.78 is 5.69. The second kappa shape index (κ2) is 7.09. The van der Waals surface area contributed by atoms with Crippen molar-refractivity contribution in [3.63, 3.8) is 0 Å². The average molecular weight is 300 g/mol. The zero-order valence-electron chi connectivity index (χ0n) is 12.4. The molecule has 0 bridgehead atoms. The van der Waals surface area contributed by atoms with Crippen LogP contribution in [0.15, 0.2) is 0 Å². The number of carbonyl (C=O) groups is 2. The van der Waals surface area contributed by atoms with Crippen molar-refractivity contribution in [3.05, 3.63) is 0 Å². The highest BCUT2D eigenvalue weighted by Crippen LogP contribution is 2.22. The molecule has 2 amide bonds. The third-order valence-corrected chi connectivity index (χ3v) is 4.02. The van der Waals surface area contributed by atoms with Crippen molar-refractivity contribution >= 4 is 12.0 Å². The van der Waals surface area contributed by atoms with Gasteiger partial charge in [0.15, 0.2) is 0 Å². The minimum atomic E-state index is -1.06. The first-order valence-corrected chi connectivity index (χ1v) is 7.61. The summed E-state index contributed by atoms with van der Waals surface area (Å²) in [4.78, 5) is 26.6. The number of urea groups is 1. The smallest absolute Gasteiger partial charge is 0.326 e. The van der Waals surface area contributed by atoms with Crippen molar-refractivity contribution in [1.82, 2.24) is 9.80 Å². The number of β-amino-alcohol motifs (C(OH)–C–C–N with tert-alkyl or cyclic N) is 1. The third kappa shape index (κ3) is 3.85. The number of aliphatic carboxylic acids is 1. The SMILES string of the molecule is CCCOC1CCCN(C(=O)N2CC(O)C[C@H]2C(=O)O)C1. The number of aliphatic hydroxyl groups excluding tert-OH is 1. The molecule has 7 heteroatoms. The molecule has 2 saturated heterocycles. The molecule has 0 aromatic carbocycles. The lowest BCUT2D eigenvalue weighted by Gasteiger charge is -2.36. The Balaban J connectivity index is 1.96. The second-order valence-corrected chi connectivity index (χ2v) is 5.76. The first-order chi connectivity index (χ1) is 10.0. The predicted octanol–water partition coefficient (Wildman–Crippen LogP) is 0.517. The van der Waals surface area contributed by atoms with Crippen LogP contribution >= 0.6 is 0 Å². The average Bonchev–Trinajstić information content (AvgIpc) is 2.87. The Morgan fingerprint density at radius 2 is 2.10 bits per heavy atom. The van der Waals surface area contributed by atoms with Gasteiger partial charge in [0.2, 0.25) is 0 Å². The number of likely N-dealkylation sites (tertiary alicyclic amines) is 2. The number of ether oxygens (including phenoxy) is 1. The lowest BCUT2D eigenvalue weighted by Crippen LogP contribution is -2.52. The van der Waals surface area contributed by atoms with E-state index in [9.17, 15) is 14.7 Å². The largest absolute Gasteiger partial charge is 0.480 e. The van der Waals surface area contributed by atoms with E-state index in [1.54, 1.807) is 4.90 Å². The second-order valence-electron chi connectivity index (χ2n) is 5.76. The van der Waals surface area contributed by atoms with E-state index >= 15 is 0 Å². The van der Waals surface area contributed by atoms with Gasteiger partial charge in [-0.2, -0.15) is 0 Å². The Morgan fingerprint density at radius 1 is 1.33 bits per heavy atom. The normalized spacial score (nSPS) is 29.7. The van der Waals surface area contributed by atoms with Crippen LogP contribution in [-0.4, -0.2) is 76.5 Å². The maximum Gasteiger partial charge on any atom is 0.326 e. The third-order valence-electron chi connectivity index (χ3n) is 4.02. The zero-order valence-corrected chi connectivity index (χ0v) is 12.4. The molecule has 0 aromatic heterocycles. The number of nitrogens with zero attached hydrogens (tertiary/aromatic N) is 2. The minimum Gasteiger partial charge on any atom is -0.480 e. The number of rotatable bonds is 4. The van der Waals surface area contributed by atoms with Gasteiger partial charge in [-0.25, -0.2) is 9.59 Å². The molecule has 2 aliphatic heterocycles. The maximum absolute atomic E-state index is 12.5. The number of amides is 2. The molecular formula is C14H24N2O5. The standard InChI is InChI=1S/C14H24N2O5/c1-2-6-21-11-4-3-5-15(9-11)14(20)16-8-10(17)7-12(16)13(18)19/h10-12,17H,2-9H2,1H3,(H,18,19)/t10?,11?,12-/m0/s1. The first-order valence-electron chi connectivity index (χ1n) is 7.61. The molecule has 2 rings (SSSR count). The van der Waals surface area contributed by atoms with Crippen LogP contribution in [0.25, 0.3) is 0 Å². The van der Waals surface area contributed by atoms with Crippen LogP contribution in [0, 0.1) is 0 Å². The first kappa shape index (κ1) is 16.0. The molecule has 0 saturated carbocycles. The van der Waals surface area contributed by atoms with E-state index in [1.807, 2.05) is 6.92 Å². The Kier molecular flexibility index (Phi) is 5.41. The lowest BCUT2D eigenvalue weighted by molar-refractivity contribution is -0.141. The number of hydrogen-bond donors (Lipinski definition) is 2. The highest BCUT2D eigenvalue weighted by Gasteiger charge is 2.41. The van der Waals surface area contributed by atoms with Crippen LogP contribution in [-0.2, 0) is 9.53 Å². The van der Waals surface area contributed by atoms with E-state index in [4.69, 9.17) is 9.84 Å². The van der Waals surface area contributed by atoms with Crippen molar-refractivity contribution in [2.75, 3.05) is 26.2 Å². The molecule has 2 unspecified atom stereocenters. The van der Waals surface area contributed by atoms with Crippen LogP contribution in [0.1, 0.15) is 32.6 Å². The van der Waals surface area contributed by atoms with Crippen LogP contribution in [0.3, 0.4) is 0 Å².